The Kier molecular flexibility index (Phi) is 4.35. The highest BCUT2D eigenvalue weighted by Crippen LogP contribution is 2.22. The number of rotatable bonds is 5. The Bertz CT molecular complexity index is 231. The van der Waals surface area contributed by atoms with Gasteiger partial charge in [0.15, 0.2) is 5.78 Å². The van der Waals surface area contributed by atoms with E-state index in [2.05, 4.69) is 0 Å². The second-order valence-corrected chi connectivity index (χ2v) is 4.42. The summed E-state index contributed by atoms with van der Waals surface area (Å²) in [6.45, 7) is 0.221. The topological polar surface area (TPSA) is 26.3 Å². The van der Waals surface area contributed by atoms with Gasteiger partial charge in [-0.1, -0.05) is 6.07 Å². The third kappa shape index (κ3) is 3.38. The molecule has 1 heterocycles. The number of ether oxygens (including phenoxy) is 1. The maximum atomic E-state index is 11.0. The smallest absolute Gasteiger partial charge is 0.168 e. The summed E-state index contributed by atoms with van der Waals surface area (Å²) in [6, 6.07) is 3.99. The van der Waals surface area contributed by atoms with E-state index in [4.69, 9.17) is 4.74 Å². The molecule has 66 valence electrons. The maximum absolute atomic E-state index is 11.0. The molecular weight excluding hydrogens is 192 g/mol. The quantitative estimate of drug-likeness (QED) is 0.684. The molecule has 0 amide bonds. The fourth-order valence-electron chi connectivity index (χ4n) is 0.700. The minimum atomic E-state index is 0.135. The standard InChI is InChI=1S/C8H10O2S2/c1-10-5-7(9)6-12-8-3-2-4-11-8/h2-4H,5-6H2,1H3. The van der Waals surface area contributed by atoms with Gasteiger partial charge >= 0.3 is 0 Å². The minimum Gasteiger partial charge on any atom is -0.377 e. The number of thioether (sulfide) groups is 1. The molecule has 0 aliphatic rings. The third-order valence-corrected chi connectivity index (χ3v) is 3.37. The fraction of sp³-hybridized carbons (Fsp3) is 0.375. The lowest BCUT2D eigenvalue weighted by Gasteiger charge is -1.96. The van der Waals surface area contributed by atoms with Crippen LogP contribution in [0.5, 0.6) is 0 Å². The first kappa shape index (κ1) is 9.77. The summed E-state index contributed by atoms with van der Waals surface area (Å²) in [5, 5.41) is 2.00. The normalized spacial score (nSPS) is 10.1. The van der Waals surface area contributed by atoms with Crippen molar-refractivity contribution < 1.29 is 9.53 Å². The van der Waals surface area contributed by atoms with Crippen molar-refractivity contribution in [3.8, 4) is 0 Å². The van der Waals surface area contributed by atoms with Crippen LogP contribution in [0.2, 0.25) is 0 Å². The van der Waals surface area contributed by atoms with Crippen molar-refractivity contribution in [1.29, 1.82) is 0 Å². The van der Waals surface area contributed by atoms with Gasteiger partial charge in [-0.3, -0.25) is 4.79 Å². The van der Waals surface area contributed by atoms with Gasteiger partial charge in [-0.2, -0.15) is 0 Å². The van der Waals surface area contributed by atoms with E-state index in [0.717, 1.165) is 0 Å². The van der Waals surface area contributed by atoms with E-state index in [9.17, 15) is 4.79 Å². The SMILES string of the molecule is COCC(=O)CSc1cccs1. The van der Waals surface area contributed by atoms with Crippen LogP contribution in [0.4, 0.5) is 0 Å². The van der Waals surface area contributed by atoms with Gasteiger partial charge in [0.1, 0.15) is 6.61 Å². The highest BCUT2D eigenvalue weighted by atomic mass is 32.2. The molecule has 0 aliphatic carbocycles. The third-order valence-electron chi connectivity index (χ3n) is 1.18. The van der Waals surface area contributed by atoms with Crippen molar-refractivity contribution in [1.82, 2.24) is 0 Å². The lowest BCUT2D eigenvalue weighted by Crippen LogP contribution is -2.08. The Hall–Kier alpha value is -0.320. The molecule has 1 aromatic heterocycles. The van der Waals surface area contributed by atoms with Crippen LogP contribution in [-0.2, 0) is 9.53 Å². The molecule has 12 heavy (non-hydrogen) atoms. The summed E-state index contributed by atoms with van der Waals surface area (Å²) in [6.07, 6.45) is 0. The predicted molar refractivity (Wildman–Crippen MR) is 51.9 cm³/mol. The number of hydrogen-bond acceptors (Lipinski definition) is 4. The first-order chi connectivity index (χ1) is 5.83. The van der Waals surface area contributed by atoms with Crippen molar-refractivity contribution in [3.63, 3.8) is 0 Å². The summed E-state index contributed by atoms with van der Waals surface area (Å²) in [5.74, 6) is 0.643. The van der Waals surface area contributed by atoms with E-state index in [1.165, 1.54) is 11.3 Å². The first-order valence-electron chi connectivity index (χ1n) is 3.50. The van der Waals surface area contributed by atoms with Gasteiger partial charge < -0.3 is 4.74 Å². The van der Waals surface area contributed by atoms with Gasteiger partial charge in [-0.15, -0.1) is 23.1 Å². The number of carbonyl (C=O) groups is 1. The van der Waals surface area contributed by atoms with Gasteiger partial charge in [-0.05, 0) is 11.4 Å². The van der Waals surface area contributed by atoms with Crippen molar-refractivity contribution in [3.05, 3.63) is 17.5 Å². The molecule has 4 heteroatoms. The summed E-state index contributed by atoms with van der Waals surface area (Å²) in [7, 11) is 1.54. The molecular formula is C8H10O2S2. The molecule has 0 fully saturated rings. The van der Waals surface area contributed by atoms with Crippen molar-refractivity contribution in [2.75, 3.05) is 19.5 Å². The maximum Gasteiger partial charge on any atom is 0.168 e. The Balaban J connectivity index is 2.22. The van der Waals surface area contributed by atoms with E-state index in [-0.39, 0.29) is 12.4 Å². The zero-order valence-electron chi connectivity index (χ0n) is 6.78. The van der Waals surface area contributed by atoms with Gasteiger partial charge in [-0.25, -0.2) is 0 Å². The zero-order chi connectivity index (χ0) is 8.81. The summed E-state index contributed by atoms with van der Waals surface area (Å²) >= 11 is 3.22. The summed E-state index contributed by atoms with van der Waals surface area (Å²) < 4.78 is 5.89. The second-order valence-electron chi connectivity index (χ2n) is 2.19. The molecule has 0 N–H and O–H groups in total. The monoisotopic (exact) mass is 202 g/mol. The first-order valence-corrected chi connectivity index (χ1v) is 5.36. The molecule has 0 unspecified atom stereocenters. The summed E-state index contributed by atoms with van der Waals surface area (Å²) in [5.41, 5.74) is 0. The largest absolute Gasteiger partial charge is 0.377 e. The fourth-order valence-corrected chi connectivity index (χ4v) is 2.33. The molecule has 0 atom stereocenters. The van der Waals surface area contributed by atoms with Crippen LogP contribution >= 0.6 is 23.1 Å². The number of methoxy groups -OCH3 is 1. The molecule has 0 radical (unpaired) electrons. The number of carbonyl (C=O) groups excluding carboxylic acids is 1. The van der Waals surface area contributed by atoms with Crippen LogP contribution in [0, 0.1) is 0 Å². The molecule has 2 nitrogen and oxygen atoms in total. The predicted octanol–water partition coefficient (Wildman–Crippen LogP) is 2.06. The molecule has 1 rings (SSSR count). The average molecular weight is 202 g/mol. The van der Waals surface area contributed by atoms with Crippen LogP contribution in [0.1, 0.15) is 0 Å². The lowest BCUT2D eigenvalue weighted by atomic mass is 10.5. The second kappa shape index (κ2) is 5.35. The molecule has 0 bridgehead atoms. The number of thiophene rings is 1. The van der Waals surface area contributed by atoms with Crippen molar-refractivity contribution in [2.45, 2.75) is 4.21 Å². The Labute approximate surface area is 79.9 Å². The molecule has 1 aromatic rings. The Morgan fingerprint density at radius 3 is 3.17 bits per heavy atom. The van der Waals surface area contributed by atoms with E-state index < -0.39 is 0 Å². The lowest BCUT2D eigenvalue weighted by molar-refractivity contribution is -0.120. The van der Waals surface area contributed by atoms with Gasteiger partial charge in [0.05, 0.1) is 9.96 Å². The van der Waals surface area contributed by atoms with E-state index >= 15 is 0 Å². The average Bonchev–Trinajstić information content (AvgIpc) is 2.53. The van der Waals surface area contributed by atoms with E-state index in [1.807, 2.05) is 17.5 Å². The molecule has 0 aromatic carbocycles. The number of ketones is 1. The minimum absolute atomic E-state index is 0.135. The Morgan fingerprint density at radius 2 is 2.58 bits per heavy atom. The van der Waals surface area contributed by atoms with Crippen LogP contribution in [-0.4, -0.2) is 25.3 Å². The van der Waals surface area contributed by atoms with Gasteiger partial charge in [0.2, 0.25) is 0 Å². The number of hydrogen-bond donors (Lipinski definition) is 0. The molecule has 0 saturated carbocycles. The molecule has 0 saturated heterocycles. The molecule has 0 spiro atoms. The van der Waals surface area contributed by atoms with Crippen molar-refractivity contribution in [2.24, 2.45) is 0 Å². The zero-order valence-corrected chi connectivity index (χ0v) is 8.41. The van der Waals surface area contributed by atoms with Gasteiger partial charge in [0, 0.05) is 7.11 Å². The number of Topliss-reactive ketones (excluding diaryl/α,β-unsaturated/α-hetero) is 1. The van der Waals surface area contributed by atoms with Crippen LogP contribution in [0.25, 0.3) is 0 Å². The van der Waals surface area contributed by atoms with E-state index in [0.29, 0.717) is 5.75 Å². The highest BCUT2D eigenvalue weighted by molar-refractivity contribution is 8.01. The molecule has 0 aliphatic heterocycles. The Morgan fingerprint density at radius 1 is 1.75 bits per heavy atom. The van der Waals surface area contributed by atoms with E-state index in [1.54, 1.807) is 23.1 Å². The highest BCUT2D eigenvalue weighted by Gasteiger charge is 2.02. The van der Waals surface area contributed by atoms with Crippen molar-refractivity contribution >= 4 is 28.9 Å². The van der Waals surface area contributed by atoms with Gasteiger partial charge in [0.25, 0.3) is 0 Å². The van der Waals surface area contributed by atoms with Crippen LogP contribution in [0.3, 0.4) is 0 Å². The van der Waals surface area contributed by atoms with Crippen LogP contribution < -0.4 is 0 Å². The van der Waals surface area contributed by atoms with Crippen LogP contribution in [0.15, 0.2) is 21.7 Å². The summed E-state index contributed by atoms with van der Waals surface area (Å²) in [4.78, 5) is 11.0.